The van der Waals surface area contributed by atoms with E-state index >= 15 is 0 Å². The lowest BCUT2D eigenvalue weighted by atomic mass is 10.1. The molecule has 1 heterocycles. The Balaban J connectivity index is 2.34. The number of carbonyl (C=O) groups excluding carboxylic acids is 1. The Labute approximate surface area is 95.3 Å². The molecule has 3 nitrogen and oxygen atoms in total. The summed E-state index contributed by atoms with van der Waals surface area (Å²) in [6.45, 7) is 4.21. The first-order chi connectivity index (χ1) is 7.74. The molecule has 1 aliphatic heterocycles. The lowest BCUT2D eigenvalue weighted by Crippen LogP contribution is -2.20. The fraction of sp³-hybridized carbons (Fsp3) is 0.385. The second-order valence-electron chi connectivity index (χ2n) is 4.35. The maximum Gasteiger partial charge on any atom is 0.150 e. The van der Waals surface area contributed by atoms with Crippen molar-refractivity contribution in [2.75, 3.05) is 18.0 Å². The van der Waals surface area contributed by atoms with Crippen molar-refractivity contribution in [3.05, 3.63) is 29.3 Å². The van der Waals surface area contributed by atoms with Crippen molar-refractivity contribution in [3.63, 3.8) is 0 Å². The lowest BCUT2D eigenvalue weighted by Gasteiger charge is -2.19. The van der Waals surface area contributed by atoms with Gasteiger partial charge in [-0.3, -0.25) is 4.79 Å². The van der Waals surface area contributed by atoms with Gasteiger partial charge in [-0.1, -0.05) is 6.92 Å². The summed E-state index contributed by atoms with van der Waals surface area (Å²) in [6, 6.07) is 7.46. The van der Waals surface area contributed by atoms with E-state index in [1.165, 1.54) is 6.42 Å². The van der Waals surface area contributed by atoms with E-state index in [2.05, 4.69) is 17.9 Å². The first-order valence-electron chi connectivity index (χ1n) is 5.49. The van der Waals surface area contributed by atoms with Crippen molar-refractivity contribution in [2.24, 2.45) is 5.92 Å². The molecule has 1 aliphatic rings. The summed E-state index contributed by atoms with van der Waals surface area (Å²) in [5.41, 5.74) is 2.11. The van der Waals surface area contributed by atoms with Crippen LogP contribution in [0.15, 0.2) is 18.2 Å². The van der Waals surface area contributed by atoms with E-state index in [1.807, 2.05) is 6.07 Å². The van der Waals surface area contributed by atoms with Gasteiger partial charge in [-0.15, -0.1) is 0 Å². The average Bonchev–Trinajstić information content (AvgIpc) is 2.74. The molecule has 0 aromatic heterocycles. The van der Waals surface area contributed by atoms with Gasteiger partial charge in [0.1, 0.15) is 12.4 Å². The van der Waals surface area contributed by atoms with Crippen molar-refractivity contribution in [1.82, 2.24) is 0 Å². The predicted molar refractivity (Wildman–Crippen MR) is 62.5 cm³/mol. The Hall–Kier alpha value is -1.82. The van der Waals surface area contributed by atoms with Gasteiger partial charge in [0.15, 0.2) is 0 Å². The number of hydrogen-bond donors (Lipinski definition) is 0. The summed E-state index contributed by atoms with van der Waals surface area (Å²) in [5, 5.41) is 9.07. The van der Waals surface area contributed by atoms with Crippen LogP contribution in [-0.2, 0) is 0 Å². The summed E-state index contributed by atoms with van der Waals surface area (Å²) in [6.07, 6.45) is 1.94. The third kappa shape index (κ3) is 1.92. The first kappa shape index (κ1) is 10.7. The van der Waals surface area contributed by atoms with Crippen LogP contribution < -0.4 is 4.90 Å². The number of hydrogen-bond acceptors (Lipinski definition) is 3. The van der Waals surface area contributed by atoms with E-state index in [9.17, 15) is 4.79 Å². The Morgan fingerprint density at radius 3 is 2.94 bits per heavy atom. The van der Waals surface area contributed by atoms with Crippen molar-refractivity contribution >= 4 is 12.0 Å². The van der Waals surface area contributed by atoms with Gasteiger partial charge in [-0.2, -0.15) is 5.26 Å². The third-order valence-electron chi connectivity index (χ3n) is 3.04. The lowest BCUT2D eigenvalue weighted by molar-refractivity contribution is 0.112. The minimum Gasteiger partial charge on any atom is -0.370 e. The van der Waals surface area contributed by atoms with Gasteiger partial charge >= 0.3 is 0 Å². The van der Waals surface area contributed by atoms with E-state index < -0.39 is 0 Å². The number of nitriles is 1. The minimum atomic E-state index is 0.563. The molecule has 1 unspecified atom stereocenters. The molecule has 82 valence electrons. The van der Waals surface area contributed by atoms with E-state index in [4.69, 9.17) is 5.26 Å². The molecule has 1 aromatic rings. The molecule has 2 rings (SSSR count). The molecule has 3 heteroatoms. The summed E-state index contributed by atoms with van der Waals surface area (Å²) < 4.78 is 0. The number of rotatable bonds is 2. The van der Waals surface area contributed by atoms with Crippen LogP contribution in [0.25, 0.3) is 0 Å². The van der Waals surface area contributed by atoms with Crippen LogP contribution in [0.1, 0.15) is 29.3 Å². The molecule has 0 radical (unpaired) electrons. The molecule has 0 bridgehead atoms. The molecule has 0 aliphatic carbocycles. The zero-order valence-electron chi connectivity index (χ0n) is 9.31. The zero-order valence-corrected chi connectivity index (χ0v) is 9.31. The molecule has 0 amide bonds. The standard InChI is InChI=1S/C13H14N2O/c1-10-4-5-15(8-10)13-3-2-11(9-16)6-12(13)7-14/h2-3,6,9-10H,4-5,8H2,1H3. The zero-order chi connectivity index (χ0) is 11.5. The Morgan fingerprint density at radius 1 is 1.56 bits per heavy atom. The fourth-order valence-electron chi connectivity index (χ4n) is 2.15. The van der Waals surface area contributed by atoms with Gasteiger partial charge in [0.25, 0.3) is 0 Å². The Kier molecular flexibility index (Phi) is 2.91. The highest BCUT2D eigenvalue weighted by molar-refractivity contribution is 5.78. The monoisotopic (exact) mass is 214 g/mol. The van der Waals surface area contributed by atoms with Gasteiger partial charge < -0.3 is 4.90 Å². The Bertz CT molecular complexity index is 448. The number of aldehydes is 1. The minimum absolute atomic E-state index is 0.563. The van der Waals surface area contributed by atoms with Crippen LogP contribution in [0.3, 0.4) is 0 Å². The molecule has 1 atom stereocenters. The number of carbonyl (C=O) groups is 1. The van der Waals surface area contributed by atoms with Crippen molar-refractivity contribution in [2.45, 2.75) is 13.3 Å². The summed E-state index contributed by atoms with van der Waals surface area (Å²) in [5.74, 6) is 0.678. The van der Waals surface area contributed by atoms with Crippen LogP contribution in [0, 0.1) is 17.2 Å². The van der Waals surface area contributed by atoms with Crippen LogP contribution in [-0.4, -0.2) is 19.4 Å². The van der Waals surface area contributed by atoms with Crippen LogP contribution in [0.2, 0.25) is 0 Å². The number of anilines is 1. The molecule has 1 saturated heterocycles. The van der Waals surface area contributed by atoms with Gasteiger partial charge in [-0.05, 0) is 30.5 Å². The molecular weight excluding hydrogens is 200 g/mol. The maximum atomic E-state index is 10.6. The highest BCUT2D eigenvalue weighted by Crippen LogP contribution is 2.27. The van der Waals surface area contributed by atoms with Crippen molar-refractivity contribution in [3.8, 4) is 6.07 Å². The van der Waals surface area contributed by atoms with E-state index in [-0.39, 0.29) is 0 Å². The van der Waals surface area contributed by atoms with E-state index in [0.717, 1.165) is 25.1 Å². The van der Waals surface area contributed by atoms with Gasteiger partial charge in [0.05, 0.1) is 11.3 Å². The van der Waals surface area contributed by atoms with Crippen molar-refractivity contribution in [1.29, 1.82) is 5.26 Å². The third-order valence-corrected chi connectivity index (χ3v) is 3.04. The highest BCUT2D eigenvalue weighted by atomic mass is 16.1. The van der Waals surface area contributed by atoms with Crippen LogP contribution in [0.4, 0.5) is 5.69 Å². The summed E-state index contributed by atoms with van der Waals surface area (Å²) in [7, 11) is 0. The molecule has 1 aromatic carbocycles. The summed E-state index contributed by atoms with van der Waals surface area (Å²) in [4.78, 5) is 12.9. The van der Waals surface area contributed by atoms with Crippen LogP contribution in [0.5, 0.6) is 0 Å². The first-order valence-corrected chi connectivity index (χ1v) is 5.49. The molecule has 0 saturated carbocycles. The molecule has 16 heavy (non-hydrogen) atoms. The van der Waals surface area contributed by atoms with Crippen molar-refractivity contribution < 1.29 is 4.79 Å². The topological polar surface area (TPSA) is 44.1 Å². The van der Waals surface area contributed by atoms with E-state index in [1.54, 1.807) is 12.1 Å². The van der Waals surface area contributed by atoms with Gasteiger partial charge in [0.2, 0.25) is 0 Å². The average molecular weight is 214 g/mol. The smallest absolute Gasteiger partial charge is 0.150 e. The molecule has 1 fully saturated rings. The maximum absolute atomic E-state index is 10.6. The number of nitrogens with zero attached hydrogens (tertiary/aromatic N) is 2. The van der Waals surface area contributed by atoms with E-state index in [0.29, 0.717) is 17.0 Å². The largest absolute Gasteiger partial charge is 0.370 e. The normalized spacial score (nSPS) is 19.5. The number of benzene rings is 1. The quantitative estimate of drug-likeness (QED) is 0.709. The molecule has 0 N–H and O–H groups in total. The second kappa shape index (κ2) is 4.36. The molecule has 0 spiro atoms. The SMILES string of the molecule is CC1CCN(c2ccc(C=O)cc2C#N)C1. The van der Waals surface area contributed by atoms with Crippen LogP contribution >= 0.6 is 0 Å². The highest BCUT2D eigenvalue weighted by Gasteiger charge is 2.21. The summed E-state index contributed by atoms with van der Waals surface area (Å²) >= 11 is 0. The molecular formula is C13H14N2O. The van der Waals surface area contributed by atoms with Gasteiger partial charge in [0, 0.05) is 18.7 Å². The fourth-order valence-corrected chi connectivity index (χ4v) is 2.15. The van der Waals surface area contributed by atoms with Gasteiger partial charge in [-0.25, -0.2) is 0 Å². The second-order valence-corrected chi connectivity index (χ2v) is 4.35. The predicted octanol–water partition coefficient (Wildman–Crippen LogP) is 2.22. The Morgan fingerprint density at radius 2 is 2.38 bits per heavy atom.